The van der Waals surface area contributed by atoms with Crippen molar-refractivity contribution in [2.75, 3.05) is 12.4 Å². The van der Waals surface area contributed by atoms with Crippen LogP contribution in [0.5, 0.6) is 0 Å². The fourth-order valence-corrected chi connectivity index (χ4v) is 3.62. The number of nitrogens with one attached hydrogen (secondary N) is 2. The minimum Gasteiger partial charge on any atom is -0.465 e. The van der Waals surface area contributed by atoms with Crippen molar-refractivity contribution in [1.29, 1.82) is 0 Å². The second-order valence-electron chi connectivity index (χ2n) is 7.85. The number of para-hydroxylation sites is 1. The molecular formula is C24H25N3O4. The van der Waals surface area contributed by atoms with E-state index in [2.05, 4.69) is 10.6 Å². The molecular weight excluding hydrogens is 394 g/mol. The highest BCUT2D eigenvalue weighted by atomic mass is 16.5. The van der Waals surface area contributed by atoms with Crippen LogP contribution >= 0.6 is 0 Å². The van der Waals surface area contributed by atoms with E-state index in [-0.39, 0.29) is 30.3 Å². The molecule has 0 spiro atoms. The maximum absolute atomic E-state index is 12.7. The summed E-state index contributed by atoms with van der Waals surface area (Å²) in [6, 6.07) is 14.7. The number of amides is 2. The van der Waals surface area contributed by atoms with Crippen molar-refractivity contribution in [2.45, 2.75) is 32.4 Å². The number of anilines is 1. The van der Waals surface area contributed by atoms with E-state index in [4.69, 9.17) is 4.74 Å². The van der Waals surface area contributed by atoms with Crippen molar-refractivity contribution < 1.29 is 19.1 Å². The van der Waals surface area contributed by atoms with E-state index >= 15 is 0 Å². The summed E-state index contributed by atoms with van der Waals surface area (Å²) in [5, 5.41) is 6.65. The number of methoxy groups -OCH3 is 1. The highest BCUT2D eigenvalue weighted by molar-refractivity contribution is 6.04. The van der Waals surface area contributed by atoms with Gasteiger partial charge < -0.3 is 19.9 Å². The van der Waals surface area contributed by atoms with Gasteiger partial charge in [-0.3, -0.25) is 9.59 Å². The number of hydrogen-bond acceptors (Lipinski definition) is 4. The molecule has 7 nitrogen and oxygen atoms in total. The van der Waals surface area contributed by atoms with Gasteiger partial charge in [-0.1, -0.05) is 30.3 Å². The molecule has 1 saturated carbocycles. The third kappa shape index (κ3) is 4.60. The Morgan fingerprint density at radius 1 is 1.10 bits per heavy atom. The molecule has 160 valence electrons. The van der Waals surface area contributed by atoms with E-state index in [1.165, 1.54) is 7.11 Å². The first-order valence-electron chi connectivity index (χ1n) is 10.3. The molecule has 1 aliphatic carbocycles. The van der Waals surface area contributed by atoms with E-state index < -0.39 is 5.97 Å². The largest absolute Gasteiger partial charge is 0.465 e. The quantitative estimate of drug-likeness (QED) is 0.572. The number of fused-ring (bicyclic) bond motifs is 1. The van der Waals surface area contributed by atoms with Crippen molar-refractivity contribution in [3.8, 4) is 0 Å². The Hall–Kier alpha value is -3.61. The van der Waals surface area contributed by atoms with Crippen LogP contribution in [0.2, 0.25) is 0 Å². The number of rotatable bonds is 7. The average molecular weight is 419 g/mol. The van der Waals surface area contributed by atoms with Crippen molar-refractivity contribution in [1.82, 2.24) is 9.88 Å². The van der Waals surface area contributed by atoms with Gasteiger partial charge in [0.05, 0.1) is 18.7 Å². The van der Waals surface area contributed by atoms with Crippen LogP contribution < -0.4 is 10.6 Å². The fraction of sp³-hybridized carbons (Fsp3) is 0.292. The molecule has 2 amide bonds. The second-order valence-corrected chi connectivity index (χ2v) is 7.85. The molecule has 31 heavy (non-hydrogen) atoms. The monoisotopic (exact) mass is 419 g/mol. The number of esters is 1. The predicted octanol–water partition coefficient (Wildman–Crippen LogP) is 3.65. The number of aromatic nitrogens is 1. The van der Waals surface area contributed by atoms with E-state index in [0.29, 0.717) is 5.56 Å². The van der Waals surface area contributed by atoms with Crippen molar-refractivity contribution in [2.24, 2.45) is 5.92 Å². The van der Waals surface area contributed by atoms with Crippen molar-refractivity contribution in [3.05, 3.63) is 65.9 Å². The Balaban J connectivity index is 1.41. The maximum Gasteiger partial charge on any atom is 0.340 e. The molecule has 0 aliphatic heterocycles. The van der Waals surface area contributed by atoms with E-state index in [1.54, 1.807) is 10.8 Å². The molecule has 2 aromatic carbocycles. The van der Waals surface area contributed by atoms with Crippen LogP contribution in [-0.4, -0.2) is 29.5 Å². The lowest BCUT2D eigenvalue weighted by Crippen LogP contribution is -2.30. The summed E-state index contributed by atoms with van der Waals surface area (Å²) >= 11 is 0. The Morgan fingerprint density at radius 2 is 1.81 bits per heavy atom. The summed E-state index contributed by atoms with van der Waals surface area (Å²) in [4.78, 5) is 36.6. The SMILES string of the molecule is COC(=O)c1cn(CC(=O)NC(C)c2ccc(NC(=O)C3CC3)cc2)c2ccccc12. The number of carbonyl (C=O) groups is 3. The van der Waals surface area contributed by atoms with Gasteiger partial charge in [0, 0.05) is 28.7 Å². The molecule has 1 aromatic heterocycles. The Bertz CT molecular complexity index is 1130. The van der Waals surface area contributed by atoms with Crippen LogP contribution in [0.15, 0.2) is 54.7 Å². The predicted molar refractivity (Wildman–Crippen MR) is 118 cm³/mol. The number of nitrogens with zero attached hydrogens (tertiary/aromatic N) is 1. The van der Waals surface area contributed by atoms with Gasteiger partial charge in [0.25, 0.3) is 0 Å². The third-order valence-corrected chi connectivity index (χ3v) is 5.51. The molecule has 4 rings (SSSR count). The summed E-state index contributed by atoms with van der Waals surface area (Å²) in [5.74, 6) is -0.380. The molecule has 7 heteroatoms. The molecule has 1 aliphatic rings. The molecule has 1 heterocycles. The van der Waals surface area contributed by atoms with Crippen LogP contribution in [0.4, 0.5) is 5.69 Å². The van der Waals surface area contributed by atoms with Crippen LogP contribution in [-0.2, 0) is 20.9 Å². The smallest absolute Gasteiger partial charge is 0.340 e. The molecule has 1 unspecified atom stereocenters. The Kier molecular flexibility index (Phi) is 5.75. The van der Waals surface area contributed by atoms with Gasteiger partial charge in [0.1, 0.15) is 6.54 Å². The molecule has 0 bridgehead atoms. The van der Waals surface area contributed by atoms with Crippen LogP contribution in [0.3, 0.4) is 0 Å². The first-order chi connectivity index (χ1) is 15.0. The van der Waals surface area contributed by atoms with Gasteiger partial charge in [-0.25, -0.2) is 4.79 Å². The highest BCUT2D eigenvalue weighted by Crippen LogP contribution is 2.30. The van der Waals surface area contributed by atoms with Gasteiger partial charge >= 0.3 is 5.97 Å². The van der Waals surface area contributed by atoms with Gasteiger partial charge in [0.2, 0.25) is 11.8 Å². The summed E-state index contributed by atoms with van der Waals surface area (Å²) in [6.45, 7) is 1.99. The zero-order chi connectivity index (χ0) is 22.0. The Morgan fingerprint density at radius 3 is 2.48 bits per heavy atom. The van der Waals surface area contributed by atoms with Crippen LogP contribution in [0, 0.1) is 5.92 Å². The number of ether oxygens (including phenoxy) is 1. The lowest BCUT2D eigenvalue weighted by molar-refractivity contribution is -0.122. The molecule has 0 saturated heterocycles. The first kappa shape index (κ1) is 20.7. The van der Waals surface area contributed by atoms with Gasteiger partial charge in [-0.2, -0.15) is 0 Å². The minimum atomic E-state index is -0.433. The molecule has 2 N–H and O–H groups in total. The summed E-state index contributed by atoms with van der Waals surface area (Å²) in [5.41, 5.74) is 2.92. The van der Waals surface area contributed by atoms with Crippen LogP contribution in [0.25, 0.3) is 10.9 Å². The molecule has 1 atom stereocenters. The van der Waals surface area contributed by atoms with E-state index in [9.17, 15) is 14.4 Å². The second kappa shape index (κ2) is 8.63. The lowest BCUT2D eigenvalue weighted by atomic mass is 10.1. The lowest BCUT2D eigenvalue weighted by Gasteiger charge is -2.16. The fourth-order valence-electron chi connectivity index (χ4n) is 3.62. The average Bonchev–Trinajstić information content (AvgIpc) is 3.57. The summed E-state index contributed by atoms with van der Waals surface area (Å²) < 4.78 is 6.61. The summed E-state index contributed by atoms with van der Waals surface area (Å²) in [6.07, 6.45) is 3.58. The molecule has 3 aromatic rings. The maximum atomic E-state index is 12.7. The van der Waals surface area contributed by atoms with Gasteiger partial charge in [-0.05, 0) is 43.5 Å². The summed E-state index contributed by atoms with van der Waals surface area (Å²) in [7, 11) is 1.34. The molecule has 0 radical (unpaired) electrons. The minimum absolute atomic E-state index is 0.0689. The van der Waals surface area contributed by atoms with Crippen molar-refractivity contribution >= 4 is 34.4 Å². The third-order valence-electron chi connectivity index (χ3n) is 5.51. The standard InChI is InChI=1S/C24H25N3O4/c1-15(16-9-11-18(12-10-16)26-23(29)17-7-8-17)25-22(28)14-27-13-20(24(30)31-2)19-5-3-4-6-21(19)27/h3-6,9-13,15,17H,7-8,14H2,1-2H3,(H,25,28)(H,26,29). The molecule has 1 fully saturated rings. The number of carbonyl (C=O) groups excluding carboxylic acids is 3. The van der Waals surface area contributed by atoms with Crippen LogP contribution in [0.1, 0.15) is 41.7 Å². The van der Waals surface area contributed by atoms with E-state index in [0.717, 1.165) is 35.0 Å². The highest BCUT2D eigenvalue weighted by Gasteiger charge is 2.29. The number of benzene rings is 2. The zero-order valence-corrected chi connectivity index (χ0v) is 17.6. The topological polar surface area (TPSA) is 89.4 Å². The van der Waals surface area contributed by atoms with Gasteiger partial charge in [0.15, 0.2) is 0 Å². The van der Waals surface area contributed by atoms with Crippen molar-refractivity contribution in [3.63, 3.8) is 0 Å². The van der Waals surface area contributed by atoms with Gasteiger partial charge in [-0.15, -0.1) is 0 Å². The van der Waals surface area contributed by atoms with E-state index in [1.807, 2.05) is 55.5 Å². The first-order valence-corrected chi connectivity index (χ1v) is 10.3. The number of hydrogen-bond donors (Lipinski definition) is 2. The Labute approximate surface area is 180 Å². The zero-order valence-electron chi connectivity index (χ0n) is 17.6. The normalized spacial score (nSPS) is 14.1.